The van der Waals surface area contributed by atoms with Crippen LogP contribution in [-0.4, -0.2) is 11.6 Å². The Hall–Kier alpha value is -5.98. The molecule has 2 aromatic carbocycles. The molecule has 4 aromatic heterocycles. The number of hydrogen-bond donors (Lipinski definition) is 0. The normalized spacial score (nSPS) is 19.8. The van der Waals surface area contributed by atoms with E-state index in [1.807, 2.05) is 71.2 Å². The number of hydrogen-bond acceptors (Lipinski definition) is 8. The van der Waals surface area contributed by atoms with Crippen LogP contribution < -0.4 is 0 Å². The van der Waals surface area contributed by atoms with Gasteiger partial charge in [0, 0.05) is 63.7 Å². The third-order valence-electron chi connectivity index (χ3n) is 11.1. The Morgan fingerprint density at radius 1 is 0.667 bits per heavy atom. The van der Waals surface area contributed by atoms with Crippen molar-refractivity contribution in [3.63, 3.8) is 0 Å². The molecule has 254 valence electrons. The number of fused-ring (bicyclic) bond motifs is 11. The number of rotatable bonds is 2. The van der Waals surface area contributed by atoms with Crippen molar-refractivity contribution >= 4 is 99.0 Å². The van der Waals surface area contributed by atoms with E-state index in [-0.39, 0.29) is 28.4 Å². The topological polar surface area (TPSA) is 90.4 Å². The summed E-state index contributed by atoms with van der Waals surface area (Å²) in [4.78, 5) is 38.7. The van der Waals surface area contributed by atoms with Gasteiger partial charge in [-0.15, -0.1) is 45.3 Å². The number of ketones is 2. The van der Waals surface area contributed by atoms with Crippen molar-refractivity contribution in [1.29, 1.82) is 10.5 Å². The molecule has 0 radical (unpaired) electrons. The number of nitrogens with zero attached hydrogens (tertiary/aromatic N) is 4. The Morgan fingerprint density at radius 3 is 1.78 bits per heavy atom. The molecule has 4 aliphatic rings. The quantitative estimate of drug-likeness (QED) is 0.0997. The number of carbonyl (C=O) groups excluding carboxylic acids is 2. The minimum Gasteiger partial charge on any atom is -0.289 e. The highest BCUT2D eigenvalue weighted by Gasteiger charge is 2.48. The number of carbonyl (C=O) groups is 2. The predicted octanol–water partition coefficient (Wildman–Crippen LogP) is 12.3. The Kier molecular flexibility index (Phi) is 7.27. The zero-order valence-corrected chi connectivity index (χ0v) is 31.5. The van der Waals surface area contributed by atoms with Gasteiger partial charge in [-0.3, -0.25) is 9.59 Å². The average molecular weight is 767 g/mol. The first-order valence-corrected chi connectivity index (χ1v) is 20.6. The zero-order chi connectivity index (χ0) is 36.9. The molecule has 4 heterocycles. The minimum absolute atomic E-state index is 0.0749. The van der Waals surface area contributed by atoms with Gasteiger partial charge in [0.15, 0.2) is 11.6 Å². The van der Waals surface area contributed by atoms with Crippen LogP contribution in [0.1, 0.15) is 84.8 Å². The molecule has 0 aliphatic heterocycles. The second kappa shape index (κ2) is 12.0. The maximum atomic E-state index is 13.7. The molecule has 54 heavy (non-hydrogen) atoms. The molecule has 10 heteroatoms. The van der Waals surface area contributed by atoms with Gasteiger partial charge in [-0.1, -0.05) is 67.8 Å². The fraction of sp³-hybridized carbons (Fsp3) is 0.136. The fourth-order valence-electron chi connectivity index (χ4n) is 8.83. The van der Waals surface area contributed by atoms with Crippen molar-refractivity contribution in [2.24, 2.45) is 0 Å². The lowest BCUT2D eigenvalue weighted by Crippen LogP contribution is -2.27. The van der Waals surface area contributed by atoms with Gasteiger partial charge in [0.05, 0.1) is 44.3 Å². The van der Waals surface area contributed by atoms with Crippen molar-refractivity contribution in [3.8, 4) is 21.9 Å². The monoisotopic (exact) mass is 766 g/mol. The Bertz CT molecular complexity index is 3030. The lowest BCUT2D eigenvalue weighted by Gasteiger charge is -2.35. The van der Waals surface area contributed by atoms with Crippen molar-refractivity contribution in [2.75, 3.05) is 0 Å². The fourth-order valence-corrected chi connectivity index (χ4v) is 14.6. The van der Waals surface area contributed by atoms with E-state index in [4.69, 9.17) is 13.1 Å². The molecule has 0 amide bonds. The third kappa shape index (κ3) is 4.37. The number of Topliss-reactive ketones (excluding diaryl/α,β-unsaturated/α-hetero) is 2. The molecule has 4 aliphatic carbocycles. The highest BCUT2D eigenvalue weighted by molar-refractivity contribution is 7.40. The zero-order valence-electron chi connectivity index (χ0n) is 28.2. The lowest BCUT2D eigenvalue weighted by atomic mass is 9.68. The summed E-state index contributed by atoms with van der Waals surface area (Å²) in [5.41, 5.74) is 6.39. The highest BCUT2D eigenvalue weighted by Crippen LogP contribution is 2.65. The van der Waals surface area contributed by atoms with Gasteiger partial charge in [0.2, 0.25) is 0 Å². The second-order valence-electron chi connectivity index (χ2n) is 13.7. The number of benzene rings is 2. The molecule has 0 N–H and O–H groups in total. The lowest BCUT2D eigenvalue weighted by molar-refractivity contribution is 0.103. The molecule has 6 aromatic rings. The maximum Gasteiger partial charge on any atom is 0.270 e. The summed E-state index contributed by atoms with van der Waals surface area (Å²) < 4.78 is 4.91. The molecule has 0 atom stereocenters. The van der Waals surface area contributed by atoms with Crippen LogP contribution in [0.2, 0.25) is 0 Å². The van der Waals surface area contributed by atoms with Crippen molar-refractivity contribution in [3.05, 3.63) is 149 Å². The van der Waals surface area contributed by atoms with Crippen LogP contribution in [-0.2, 0) is 5.41 Å². The van der Waals surface area contributed by atoms with E-state index in [1.165, 1.54) is 41.4 Å². The van der Waals surface area contributed by atoms with E-state index in [2.05, 4.69) is 21.8 Å². The van der Waals surface area contributed by atoms with Crippen LogP contribution in [0.15, 0.2) is 83.2 Å². The van der Waals surface area contributed by atoms with Crippen LogP contribution >= 0.6 is 45.3 Å². The van der Waals surface area contributed by atoms with Crippen molar-refractivity contribution < 1.29 is 9.59 Å². The largest absolute Gasteiger partial charge is 0.289 e. The Morgan fingerprint density at radius 2 is 1.22 bits per heavy atom. The third-order valence-corrected chi connectivity index (χ3v) is 16.1. The molecule has 0 bridgehead atoms. The summed E-state index contributed by atoms with van der Waals surface area (Å²) in [5.74, 6) is -0.335. The molecule has 1 fully saturated rings. The van der Waals surface area contributed by atoms with Crippen LogP contribution in [0.25, 0.3) is 61.5 Å². The first kappa shape index (κ1) is 32.7. The number of allylic oxidation sites excluding steroid dienone is 6. The van der Waals surface area contributed by atoms with Gasteiger partial charge in [-0.25, -0.2) is 20.2 Å². The highest BCUT2D eigenvalue weighted by atomic mass is 32.1. The molecule has 10 rings (SSSR count). The minimum atomic E-state index is -0.173. The number of thiophene rings is 4. The van der Waals surface area contributed by atoms with Gasteiger partial charge in [0.1, 0.15) is 0 Å². The molecule has 0 unspecified atom stereocenters. The summed E-state index contributed by atoms with van der Waals surface area (Å²) in [7, 11) is 0. The predicted molar refractivity (Wildman–Crippen MR) is 218 cm³/mol. The van der Waals surface area contributed by atoms with E-state index in [0.29, 0.717) is 44.5 Å². The van der Waals surface area contributed by atoms with E-state index >= 15 is 0 Å². The van der Waals surface area contributed by atoms with Crippen molar-refractivity contribution in [2.45, 2.75) is 37.5 Å². The van der Waals surface area contributed by atoms with Gasteiger partial charge < -0.3 is 0 Å². The van der Waals surface area contributed by atoms with Gasteiger partial charge in [-0.05, 0) is 53.8 Å². The molecule has 1 saturated carbocycles. The molecule has 0 saturated heterocycles. The molecular weight excluding hydrogens is 745 g/mol. The SMILES string of the molecule is [C-]#[N+]/C(C#N)=C1\C(=C/c2cc3sc4c5c(sc4c3s2)-c2sc(/C=C3\C(=O)c4ccccc4\C3=C(\C#N)[N+]#[C-])cc2C52CCCCC2)C(=O)c2ccccc21. The van der Waals surface area contributed by atoms with Gasteiger partial charge in [-0.2, -0.15) is 0 Å². The maximum absolute atomic E-state index is 13.7. The summed E-state index contributed by atoms with van der Waals surface area (Å²) in [6.45, 7) is 15.3. The molecular formula is C44H22N4O2S4. The standard InChI is InChI=1S/C44H22N4O2S4/c1-47-31(20-45)34-24-10-4-6-12-26(24)37(49)28(34)16-22-18-30-39(51-22)41-36(44(30)14-8-3-9-15-44)42-43(54-41)40-33(53-42)19-23(52-40)17-29-35(32(21-46)48-2)25-11-5-7-13-27(25)38(29)50/h4-7,10-13,16-19H,3,8-9,14-15H2/b28-16-,29-17+,34-31+,35-32-. The van der Waals surface area contributed by atoms with E-state index < -0.39 is 0 Å². The molecule has 6 nitrogen and oxygen atoms in total. The van der Waals surface area contributed by atoms with Crippen molar-refractivity contribution in [1.82, 2.24) is 0 Å². The van der Waals surface area contributed by atoms with Gasteiger partial charge in [0.25, 0.3) is 11.4 Å². The summed E-state index contributed by atoms with van der Waals surface area (Å²) in [6, 6.07) is 22.8. The number of nitriles is 2. The van der Waals surface area contributed by atoms with Crippen LogP contribution in [0.5, 0.6) is 0 Å². The smallest absolute Gasteiger partial charge is 0.270 e. The van der Waals surface area contributed by atoms with Crippen LogP contribution in [0, 0.1) is 35.8 Å². The first-order chi connectivity index (χ1) is 26.4. The van der Waals surface area contributed by atoms with Crippen LogP contribution in [0.3, 0.4) is 0 Å². The van der Waals surface area contributed by atoms with Gasteiger partial charge >= 0.3 is 0 Å². The Balaban J connectivity index is 1.11. The van der Waals surface area contributed by atoms with Crippen LogP contribution in [0.4, 0.5) is 0 Å². The average Bonchev–Trinajstić information content (AvgIpc) is 4.05. The summed E-state index contributed by atoms with van der Waals surface area (Å²) in [6.07, 6.45) is 9.33. The Labute approximate surface area is 325 Å². The molecule has 1 spiro atoms. The van der Waals surface area contributed by atoms with E-state index in [1.54, 1.807) is 46.9 Å². The first-order valence-electron chi connectivity index (χ1n) is 17.3. The van der Waals surface area contributed by atoms with E-state index in [0.717, 1.165) is 40.1 Å². The second-order valence-corrected chi connectivity index (χ2v) is 17.9. The summed E-state index contributed by atoms with van der Waals surface area (Å²) >= 11 is 6.96. The van der Waals surface area contributed by atoms with E-state index in [9.17, 15) is 20.1 Å². The summed E-state index contributed by atoms with van der Waals surface area (Å²) in [5, 5.41) is 19.6.